The lowest BCUT2D eigenvalue weighted by atomic mass is 10.1. The predicted molar refractivity (Wildman–Crippen MR) is 81.9 cm³/mol. The Kier molecular flexibility index (Phi) is 4.17. The molecular weight excluding hydrogens is 286 g/mol. The zero-order valence-corrected chi connectivity index (χ0v) is 12.4. The van der Waals surface area contributed by atoms with Crippen LogP contribution in [0.3, 0.4) is 0 Å². The van der Waals surface area contributed by atoms with Crippen LogP contribution in [0, 0.1) is 0 Å². The third-order valence-electron chi connectivity index (χ3n) is 3.45. The van der Waals surface area contributed by atoms with Crippen LogP contribution < -0.4 is 5.73 Å². The molecule has 2 aromatic rings. The minimum absolute atomic E-state index is 0.134. The van der Waals surface area contributed by atoms with Crippen LogP contribution in [0.15, 0.2) is 35.7 Å². The van der Waals surface area contributed by atoms with Gasteiger partial charge in [0.05, 0.1) is 25.3 Å². The smallest absolute Gasteiger partial charge is 0.228 e. The van der Waals surface area contributed by atoms with Crippen molar-refractivity contribution in [3.63, 3.8) is 0 Å². The van der Waals surface area contributed by atoms with Gasteiger partial charge in [0, 0.05) is 11.4 Å². The van der Waals surface area contributed by atoms with E-state index in [1.807, 2.05) is 34.5 Å². The molecule has 1 fully saturated rings. The number of carbonyl (C=O) groups is 1. The first-order valence-electron chi connectivity index (χ1n) is 6.86. The van der Waals surface area contributed by atoms with Gasteiger partial charge in [0.25, 0.3) is 0 Å². The summed E-state index contributed by atoms with van der Waals surface area (Å²) in [6.45, 7) is 1.68. The quantitative estimate of drug-likeness (QED) is 0.940. The molecule has 1 amide bonds. The van der Waals surface area contributed by atoms with Crippen LogP contribution in [0.4, 0.5) is 5.82 Å². The first kappa shape index (κ1) is 14.0. The van der Waals surface area contributed by atoms with Gasteiger partial charge in [-0.05, 0) is 23.6 Å². The number of aromatic nitrogens is 1. The van der Waals surface area contributed by atoms with Crippen molar-refractivity contribution in [1.29, 1.82) is 0 Å². The second-order valence-electron chi connectivity index (χ2n) is 4.94. The van der Waals surface area contributed by atoms with E-state index in [-0.39, 0.29) is 12.0 Å². The Morgan fingerprint density at radius 3 is 3.10 bits per heavy atom. The highest BCUT2D eigenvalue weighted by molar-refractivity contribution is 7.10. The van der Waals surface area contributed by atoms with Gasteiger partial charge in [-0.25, -0.2) is 4.98 Å². The molecule has 0 unspecified atom stereocenters. The number of nitrogens with zero attached hydrogens (tertiary/aromatic N) is 2. The highest BCUT2D eigenvalue weighted by Crippen LogP contribution is 2.22. The summed E-state index contributed by atoms with van der Waals surface area (Å²) in [5.74, 6) is 0.604. The summed E-state index contributed by atoms with van der Waals surface area (Å²) in [4.78, 5) is 19.6. The summed E-state index contributed by atoms with van der Waals surface area (Å²) in [5.41, 5.74) is 6.49. The maximum absolute atomic E-state index is 12.3. The Balaban J connectivity index is 1.66. The number of thiophene rings is 1. The lowest BCUT2D eigenvalue weighted by molar-refractivity contribution is -0.138. The molecule has 2 N–H and O–H groups in total. The Bertz CT molecular complexity index is 615. The van der Waals surface area contributed by atoms with Gasteiger partial charge in [0.2, 0.25) is 5.91 Å². The van der Waals surface area contributed by atoms with Crippen molar-refractivity contribution in [3.05, 3.63) is 46.3 Å². The zero-order valence-electron chi connectivity index (χ0n) is 11.6. The lowest BCUT2D eigenvalue weighted by Crippen LogP contribution is -2.43. The van der Waals surface area contributed by atoms with Crippen LogP contribution in [-0.4, -0.2) is 35.5 Å². The van der Waals surface area contributed by atoms with Gasteiger partial charge in [0.1, 0.15) is 11.9 Å². The fourth-order valence-corrected chi connectivity index (χ4v) is 3.07. The molecule has 2 aromatic heterocycles. The Labute approximate surface area is 127 Å². The van der Waals surface area contributed by atoms with E-state index in [0.29, 0.717) is 31.9 Å². The molecule has 0 aliphatic carbocycles. The molecule has 0 aromatic carbocycles. The largest absolute Gasteiger partial charge is 0.384 e. The van der Waals surface area contributed by atoms with Crippen LogP contribution in [-0.2, 0) is 16.0 Å². The van der Waals surface area contributed by atoms with Gasteiger partial charge < -0.3 is 15.4 Å². The highest BCUT2D eigenvalue weighted by Gasteiger charge is 2.26. The van der Waals surface area contributed by atoms with Crippen LogP contribution in [0.5, 0.6) is 0 Å². The molecular formula is C15H17N3O2S. The number of pyridine rings is 1. The fraction of sp³-hybridized carbons (Fsp3) is 0.333. The van der Waals surface area contributed by atoms with Crippen LogP contribution in [0.2, 0.25) is 0 Å². The lowest BCUT2D eigenvalue weighted by Gasteiger charge is -2.32. The Morgan fingerprint density at radius 1 is 1.43 bits per heavy atom. The summed E-state index contributed by atoms with van der Waals surface area (Å²) >= 11 is 1.61. The van der Waals surface area contributed by atoms with Gasteiger partial charge in [-0.15, -0.1) is 11.3 Å². The van der Waals surface area contributed by atoms with E-state index in [4.69, 9.17) is 10.5 Å². The SMILES string of the molecule is Nc1cccc([C@H]2CN(C(=O)Cc3cccs3)CCO2)n1. The van der Waals surface area contributed by atoms with Crippen molar-refractivity contribution in [2.45, 2.75) is 12.5 Å². The monoisotopic (exact) mass is 303 g/mol. The Hall–Kier alpha value is -1.92. The number of hydrogen-bond acceptors (Lipinski definition) is 5. The van der Waals surface area contributed by atoms with Crippen molar-refractivity contribution in [1.82, 2.24) is 9.88 Å². The molecule has 0 spiro atoms. The second kappa shape index (κ2) is 6.24. The zero-order chi connectivity index (χ0) is 14.7. The Morgan fingerprint density at radius 2 is 2.33 bits per heavy atom. The van der Waals surface area contributed by atoms with Crippen molar-refractivity contribution >= 4 is 23.1 Å². The molecule has 0 radical (unpaired) electrons. The summed E-state index contributed by atoms with van der Waals surface area (Å²) in [7, 11) is 0. The third-order valence-corrected chi connectivity index (χ3v) is 4.32. The summed E-state index contributed by atoms with van der Waals surface area (Å²) in [6, 6.07) is 9.43. The molecule has 110 valence electrons. The number of rotatable bonds is 3. The van der Waals surface area contributed by atoms with Crippen LogP contribution in [0.25, 0.3) is 0 Å². The molecule has 3 rings (SSSR count). The minimum atomic E-state index is -0.200. The molecule has 3 heterocycles. The van der Waals surface area contributed by atoms with Crippen molar-refractivity contribution < 1.29 is 9.53 Å². The van der Waals surface area contributed by atoms with E-state index in [9.17, 15) is 4.79 Å². The molecule has 1 aliphatic rings. The average molecular weight is 303 g/mol. The number of nitrogens with two attached hydrogens (primary N) is 1. The molecule has 0 saturated carbocycles. The number of hydrogen-bond donors (Lipinski definition) is 1. The fourth-order valence-electron chi connectivity index (χ4n) is 2.38. The first-order chi connectivity index (χ1) is 10.2. The van der Waals surface area contributed by atoms with E-state index in [1.54, 1.807) is 17.4 Å². The maximum atomic E-state index is 12.3. The number of carbonyl (C=O) groups excluding carboxylic acids is 1. The molecule has 1 aliphatic heterocycles. The van der Waals surface area contributed by atoms with Gasteiger partial charge in [-0.1, -0.05) is 12.1 Å². The van der Waals surface area contributed by atoms with E-state index < -0.39 is 0 Å². The number of nitrogen functional groups attached to an aromatic ring is 1. The number of morpholine rings is 1. The highest BCUT2D eigenvalue weighted by atomic mass is 32.1. The van der Waals surface area contributed by atoms with Gasteiger partial charge in [0.15, 0.2) is 0 Å². The van der Waals surface area contributed by atoms with Crippen LogP contribution in [0.1, 0.15) is 16.7 Å². The van der Waals surface area contributed by atoms with E-state index in [1.165, 1.54) is 0 Å². The van der Waals surface area contributed by atoms with Crippen molar-refractivity contribution in [2.24, 2.45) is 0 Å². The van der Waals surface area contributed by atoms with Crippen LogP contribution >= 0.6 is 11.3 Å². The maximum Gasteiger partial charge on any atom is 0.228 e. The van der Waals surface area contributed by atoms with E-state index in [2.05, 4.69) is 4.98 Å². The minimum Gasteiger partial charge on any atom is -0.384 e. The number of anilines is 1. The molecule has 0 bridgehead atoms. The summed E-state index contributed by atoms with van der Waals surface area (Å²) < 4.78 is 5.73. The average Bonchev–Trinajstić information content (AvgIpc) is 3.00. The summed E-state index contributed by atoms with van der Waals surface area (Å²) in [6.07, 6.45) is 0.254. The van der Waals surface area contributed by atoms with Gasteiger partial charge in [-0.2, -0.15) is 0 Å². The van der Waals surface area contributed by atoms with Gasteiger partial charge >= 0.3 is 0 Å². The first-order valence-corrected chi connectivity index (χ1v) is 7.74. The van der Waals surface area contributed by atoms with Gasteiger partial charge in [-0.3, -0.25) is 4.79 Å². The molecule has 1 saturated heterocycles. The molecule has 1 atom stereocenters. The normalized spacial score (nSPS) is 18.7. The third kappa shape index (κ3) is 3.40. The molecule has 5 nitrogen and oxygen atoms in total. The van der Waals surface area contributed by atoms with Crippen molar-refractivity contribution in [3.8, 4) is 0 Å². The molecule has 6 heteroatoms. The standard InChI is InChI=1S/C15H17N3O2S/c16-14-5-1-4-12(17-14)13-10-18(6-7-20-13)15(19)9-11-3-2-8-21-11/h1-5,8,13H,6-7,9-10H2,(H2,16,17)/t13-/m1/s1. The summed E-state index contributed by atoms with van der Waals surface area (Å²) in [5, 5.41) is 1.99. The molecule has 21 heavy (non-hydrogen) atoms. The topological polar surface area (TPSA) is 68.5 Å². The van der Waals surface area contributed by atoms with E-state index >= 15 is 0 Å². The number of amides is 1. The predicted octanol–water partition coefficient (Wildman–Crippen LogP) is 1.87. The van der Waals surface area contributed by atoms with E-state index in [0.717, 1.165) is 10.6 Å². The second-order valence-corrected chi connectivity index (χ2v) is 5.97. The van der Waals surface area contributed by atoms with Crippen molar-refractivity contribution in [2.75, 3.05) is 25.4 Å². The number of ether oxygens (including phenoxy) is 1.